The van der Waals surface area contributed by atoms with Crippen molar-refractivity contribution in [3.05, 3.63) is 0 Å². The van der Waals surface area contributed by atoms with Gasteiger partial charge in [0.1, 0.15) is 6.04 Å². The fourth-order valence-electron chi connectivity index (χ4n) is 1.41. The van der Waals surface area contributed by atoms with Crippen LogP contribution in [-0.4, -0.2) is 35.4 Å². The fourth-order valence-corrected chi connectivity index (χ4v) is 1.41. The van der Waals surface area contributed by atoms with E-state index in [0.717, 1.165) is 19.3 Å². The first kappa shape index (κ1) is 16.4. The van der Waals surface area contributed by atoms with E-state index in [-0.39, 0.29) is 12.0 Å². The lowest BCUT2D eigenvalue weighted by molar-refractivity contribution is -0.144. The maximum Gasteiger partial charge on any atom is 0.322 e. The first-order chi connectivity index (χ1) is 7.65. The molecule has 0 saturated heterocycles. The molecule has 4 heteroatoms. The first-order valence-corrected chi connectivity index (χ1v) is 6.23. The van der Waals surface area contributed by atoms with E-state index in [0.29, 0.717) is 0 Å². The van der Waals surface area contributed by atoms with Crippen LogP contribution in [0.3, 0.4) is 0 Å². The molecule has 1 unspecified atom stereocenters. The second-order valence-corrected chi connectivity index (χ2v) is 5.55. The number of methoxy groups -OCH3 is 1. The minimum absolute atomic E-state index is 0.268. The summed E-state index contributed by atoms with van der Waals surface area (Å²) in [6.45, 7) is 9.31. The summed E-state index contributed by atoms with van der Waals surface area (Å²) in [5.74, 6) is -0.268. The smallest absolute Gasteiger partial charge is 0.322 e. The molecule has 2 N–H and O–H groups in total. The summed E-state index contributed by atoms with van der Waals surface area (Å²) < 4.78 is 4.78. The Morgan fingerprint density at radius 3 is 2.24 bits per heavy atom. The van der Waals surface area contributed by atoms with Crippen LogP contribution in [0.2, 0.25) is 0 Å². The molecule has 0 amide bonds. The van der Waals surface area contributed by atoms with Crippen molar-refractivity contribution in [3.63, 3.8) is 0 Å². The number of ether oxygens (including phenoxy) is 1. The number of hydrogen-bond donors (Lipinski definition) is 2. The van der Waals surface area contributed by atoms with Gasteiger partial charge in [-0.25, -0.2) is 0 Å². The normalized spacial score (nSPS) is 14.5. The SMILES string of the molecule is CCCCC(NC(C)(C)C(C)(C)O)C(=O)OC. The van der Waals surface area contributed by atoms with Crippen LogP contribution in [0.25, 0.3) is 0 Å². The summed E-state index contributed by atoms with van der Waals surface area (Å²) in [5, 5.41) is 13.3. The number of hydrogen-bond acceptors (Lipinski definition) is 4. The van der Waals surface area contributed by atoms with Gasteiger partial charge in [0.15, 0.2) is 0 Å². The lowest BCUT2D eigenvalue weighted by Gasteiger charge is -2.40. The van der Waals surface area contributed by atoms with Gasteiger partial charge in [0.05, 0.1) is 12.7 Å². The summed E-state index contributed by atoms with van der Waals surface area (Å²) in [5.41, 5.74) is -1.47. The Kier molecular flexibility index (Phi) is 6.13. The molecular formula is C13H27NO3. The zero-order valence-corrected chi connectivity index (χ0v) is 12.0. The zero-order valence-electron chi connectivity index (χ0n) is 12.0. The lowest BCUT2D eigenvalue weighted by atomic mass is 9.85. The van der Waals surface area contributed by atoms with Crippen LogP contribution in [-0.2, 0) is 9.53 Å². The van der Waals surface area contributed by atoms with Crippen molar-refractivity contribution < 1.29 is 14.6 Å². The van der Waals surface area contributed by atoms with Gasteiger partial charge in [-0.2, -0.15) is 0 Å². The van der Waals surface area contributed by atoms with Crippen LogP contribution in [0.5, 0.6) is 0 Å². The number of unbranched alkanes of at least 4 members (excludes halogenated alkanes) is 1. The molecule has 0 rings (SSSR count). The van der Waals surface area contributed by atoms with E-state index in [1.165, 1.54) is 7.11 Å². The molecule has 0 aromatic rings. The fraction of sp³-hybridized carbons (Fsp3) is 0.923. The van der Waals surface area contributed by atoms with E-state index in [2.05, 4.69) is 12.2 Å². The van der Waals surface area contributed by atoms with Crippen LogP contribution >= 0.6 is 0 Å². The third-order valence-electron chi connectivity index (χ3n) is 3.40. The predicted molar refractivity (Wildman–Crippen MR) is 68.8 cm³/mol. The van der Waals surface area contributed by atoms with Crippen molar-refractivity contribution in [2.75, 3.05) is 7.11 Å². The summed E-state index contributed by atoms with van der Waals surface area (Å²) in [7, 11) is 1.39. The van der Waals surface area contributed by atoms with E-state index < -0.39 is 11.1 Å². The highest BCUT2D eigenvalue weighted by atomic mass is 16.5. The molecule has 0 aliphatic rings. The Balaban J connectivity index is 4.68. The van der Waals surface area contributed by atoms with E-state index in [1.54, 1.807) is 13.8 Å². The van der Waals surface area contributed by atoms with Gasteiger partial charge in [-0.3, -0.25) is 10.1 Å². The van der Waals surface area contributed by atoms with E-state index in [1.807, 2.05) is 13.8 Å². The number of carbonyl (C=O) groups excluding carboxylic acids is 1. The van der Waals surface area contributed by atoms with Gasteiger partial charge >= 0.3 is 5.97 Å². The Morgan fingerprint density at radius 1 is 1.35 bits per heavy atom. The van der Waals surface area contributed by atoms with Crippen molar-refractivity contribution in [3.8, 4) is 0 Å². The van der Waals surface area contributed by atoms with Crippen LogP contribution in [0.15, 0.2) is 0 Å². The average Bonchev–Trinajstić information content (AvgIpc) is 2.21. The quantitative estimate of drug-likeness (QED) is 0.672. The van der Waals surface area contributed by atoms with Crippen molar-refractivity contribution in [2.45, 2.75) is 71.1 Å². The molecule has 0 saturated carbocycles. The number of rotatable bonds is 7. The Labute approximate surface area is 105 Å². The van der Waals surface area contributed by atoms with Gasteiger partial charge in [0, 0.05) is 5.54 Å². The van der Waals surface area contributed by atoms with Gasteiger partial charge in [0.25, 0.3) is 0 Å². The molecule has 0 aromatic heterocycles. The molecule has 0 radical (unpaired) electrons. The molecule has 0 heterocycles. The average molecular weight is 245 g/mol. The van der Waals surface area contributed by atoms with Crippen molar-refractivity contribution >= 4 is 5.97 Å². The van der Waals surface area contributed by atoms with Crippen LogP contribution in [0.4, 0.5) is 0 Å². The summed E-state index contributed by atoms with van der Waals surface area (Å²) >= 11 is 0. The van der Waals surface area contributed by atoms with E-state index >= 15 is 0 Å². The van der Waals surface area contributed by atoms with Crippen LogP contribution in [0.1, 0.15) is 53.9 Å². The standard InChI is InChI=1S/C13H27NO3/c1-7-8-9-10(11(15)17-6)14-12(2,3)13(4,5)16/h10,14,16H,7-9H2,1-6H3. The molecule has 0 bridgehead atoms. The maximum absolute atomic E-state index is 11.7. The number of nitrogens with one attached hydrogen (secondary N) is 1. The monoisotopic (exact) mass is 245 g/mol. The van der Waals surface area contributed by atoms with Gasteiger partial charge in [-0.05, 0) is 34.1 Å². The second kappa shape index (κ2) is 6.36. The lowest BCUT2D eigenvalue weighted by Crippen LogP contribution is -2.60. The number of esters is 1. The molecule has 4 nitrogen and oxygen atoms in total. The minimum Gasteiger partial charge on any atom is -0.468 e. The largest absolute Gasteiger partial charge is 0.468 e. The van der Waals surface area contributed by atoms with E-state index in [4.69, 9.17) is 4.74 Å². The molecule has 0 fully saturated rings. The first-order valence-electron chi connectivity index (χ1n) is 6.23. The van der Waals surface area contributed by atoms with Gasteiger partial charge < -0.3 is 9.84 Å². The second-order valence-electron chi connectivity index (χ2n) is 5.55. The van der Waals surface area contributed by atoms with Crippen molar-refractivity contribution in [2.24, 2.45) is 0 Å². The van der Waals surface area contributed by atoms with Gasteiger partial charge in [-0.15, -0.1) is 0 Å². The molecule has 0 spiro atoms. The van der Waals surface area contributed by atoms with Crippen molar-refractivity contribution in [1.82, 2.24) is 5.32 Å². The van der Waals surface area contributed by atoms with Crippen molar-refractivity contribution in [1.29, 1.82) is 0 Å². The molecule has 17 heavy (non-hydrogen) atoms. The summed E-state index contributed by atoms with van der Waals surface area (Å²) in [6, 6.07) is -0.360. The third kappa shape index (κ3) is 5.04. The molecule has 1 atom stereocenters. The minimum atomic E-state index is -0.911. The van der Waals surface area contributed by atoms with E-state index in [9.17, 15) is 9.90 Å². The number of aliphatic hydroxyl groups is 1. The Hall–Kier alpha value is -0.610. The number of carbonyl (C=O) groups is 1. The molecular weight excluding hydrogens is 218 g/mol. The van der Waals surface area contributed by atoms with Gasteiger partial charge in [0.2, 0.25) is 0 Å². The predicted octanol–water partition coefficient (Wildman–Crippen LogP) is 1.86. The summed E-state index contributed by atoms with van der Waals surface area (Å²) in [6.07, 6.45) is 2.70. The van der Waals surface area contributed by atoms with Crippen LogP contribution in [0, 0.1) is 0 Å². The maximum atomic E-state index is 11.7. The third-order valence-corrected chi connectivity index (χ3v) is 3.40. The van der Waals surface area contributed by atoms with Gasteiger partial charge in [-0.1, -0.05) is 19.8 Å². The Morgan fingerprint density at radius 2 is 1.88 bits per heavy atom. The highest BCUT2D eigenvalue weighted by Crippen LogP contribution is 2.22. The summed E-state index contributed by atoms with van der Waals surface area (Å²) in [4.78, 5) is 11.7. The zero-order chi connectivity index (χ0) is 13.7. The molecule has 0 aromatic carbocycles. The van der Waals surface area contributed by atoms with Crippen LogP contribution < -0.4 is 5.32 Å². The highest BCUT2D eigenvalue weighted by molar-refractivity contribution is 5.75. The molecule has 0 aliphatic heterocycles. The molecule has 0 aliphatic carbocycles. The topological polar surface area (TPSA) is 58.6 Å². The molecule has 102 valence electrons. The Bertz CT molecular complexity index is 244. The highest BCUT2D eigenvalue weighted by Gasteiger charge is 2.38.